The summed E-state index contributed by atoms with van der Waals surface area (Å²) in [5.41, 5.74) is 3.59. The zero-order valence-corrected chi connectivity index (χ0v) is 21.7. The summed E-state index contributed by atoms with van der Waals surface area (Å²) < 4.78 is 0. The normalized spacial score (nSPS) is 51.8. The molecule has 0 heterocycles. The molecule has 2 heteroatoms. The van der Waals surface area contributed by atoms with E-state index in [4.69, 9.17) is 0 Å². The second-order valence-electron chi connectivity index (χ2n) is 14.0. The van der Waals surface area contributed by atoms with Crippen LogP contribution in [0.4, 0.5) is 0 Å². The van der Waals surface area contributed by atoms with Crippen LogP contribution in [-0.4, -0.2) is 11.1 Å². The molecule has 0 aromatic heterocycles. The third-order valence-electron chi connectivity index (χ3n) is 12.6. The molecule has 178 valence electrons. The van der Waals surface area contributed by atoms with E-state index in [0.717, 1.165) is 31.6 Å². The summed E-state index contributed by atoms with van der Waals surface area (Å²) in [5, 5.41) is 10.5. The van der Waals surface area contributed by atoms with E-state index in [1.54, 1.807) is 5.57 Å². The molecule has 0 aromatic rings. The van der Waals surface area contributed by atoms with E-state index >= 15 is 0 Å². The molecule has 1 N–H and O–H groups in total. The minimum atomic E-state index is -0.549. The van der Waals surface area contributed by atoms with Gasteiger partial charge in [-0.2, -0.15) is 0 Å². The second-order valence-corrected chi connectivity index (χ2v) is 14.0. The third kappa shape index (κ3) is 2.56. The maximum absolute atomic E-state index is 12.8. The van der Waals surface area contributed by atoms with Crippen LogP contribution in [0.15, 0.2) is 23.3 Å². The summed E-state index contributed by atoms with van der Waals surface area (Å²) in [4.78, 5) is 12.8. The van der Waals surface area contributed by atoms with Crippen molar-refractivity contribution in [2.45, 2.75) is 106 Å². The Labute approximate surface area is 196 Å². The van der Waals surface area contributed by atoms with Gasteiger partial charge in [0.15, 0.2) is 0 Å². The van der Waals surface area contributed by atoms with Crippen molar-refractivity contribution in [1.29, 1.82) is 0 Å². The Morgan fingerprint density at radius 2 is 1.59 bits per heavy atom. The van der Waals surface area contributed by atoms with Gasteiger partial charge in [0, 0.05) is 0 Å². The van der Waals surface area contributed by atoms with Crippen LogP contribution in [0.2, 0.25) is 0 Å². The second kappa shape index (κ2) is 6.76. The number of carbonyl (C=O) groups is 1. The maximum atomic E-state index is 12.8. The Bertz CT molecular complexity index is 895. The van der Waals surface area contributed by atoms with Crippen LogP contribution in [0.25, 0.3) is 0 Å². The van der Waals surface area contributed by atoms with Gasteiger partial charge >= 0.3 is 5.97 Å². The maximum Gasteiger partial charge on any atom is 0.310 e. The fraction of sp³-hybridized carbons (Fsp3) is 0.833. The molecule has 32 heavy (non-hydrogen) atoms. The molecule has 8 atom stereocenters. The summed E-state index contributed by atoms with van der Waals surface area (Å²) in [7, 11) is 0. The topological polar surface area (TPSA) is 37.3 Å². The lowest BCUT2D eigenvalue weighted by Crippen LogP contribution is -2.61. The first-order chi connectivity index (χ1) is 14.8. The number of rotatable bonds is 1. The fourth-order valence-corrected chi connectivity index (χ4v) is 10.3. The van der Waals surface area contributed by atoms with Gasteiger partial charge in [0.25, 0.3) is 0 Å². The van der Waals surface area contributed by atoms with Gasteiger partial charge in [-0.3, -0.25) is 4.79 Å². The fourth-order valence-electron chi connectivity index (χ4n) is 10.3. The molecule has 4 fully saturated rings. The highest BCUT2D eigenvalue weighted by Gasteiger charge is 2.67. The molecule has 0 aliphatic heterocycles. The number of fused-ring (bicyclic) bond motifs is 7. The first-order valence-corrected chi connectivity index (χ1v) is 13.5. The molecule has 2 nitrogen and oxygen atoms in total. The summed E-state index contributed by atoms with van der Waals surface area (Å²) in [5.74, 6) is 1.45. The quantitative estimate of drug-likeness (QED) is 0.450. The standard InChI is InChI=1S/C30H46O2/c1-19-11-16-30(25(31)32)18-17-28(6)21(24(30)20(19)2)9-10-23-27(5)14-8-13-26(3,4)22(27)12-15-29(23,28)7/h9-10,19-20,22,24H,8,11-18H2,1-7H3,(H,31,32)/t19-,20+,22?,24+,27+,28-,29-,30+/m1/s1. The Morgan fingerprint density at radius 3 is 2.28 bits per heavy atom. The zero-order valence-electron chi connectivity index (χ0n) is 21.7. The first kappa shape index (κ1) is 22.7. The number of allylic oxidation sites excluding steroid dienone is 4. The summed E-state index contributed by atoms with van der Waals surface area (Å²) in [6, 6.07) is 0. The van der Waals surface area contributed by atoms with Crippen LogP contribution in [0.3, 0.4) is 0 Å². The smallest absolute Gasteiger partial charge is 0.310 e. The number of carboxylic acid groups (broad SMARTS) is 1. The van der Waals surface area contributed by atoms with Gasteiger partial charge in [-0.1, -0.05) is 78.2 Å². The lowest BCUT2D eigenvalue weighted by Gasteiger charge is -2.68. The van der Waals surface area contributed by atoms with Crippen molar-refractivity contribution < 1.29 is 9.90 Å². The van der Waals surface area contributed by atoms with Crippen LogP contribution >= 0.6 is 0 Å². The Balaban J connectivity index is 1.67. The molecule has 0 aromatic carbocycles. The van der Waals surface area contributed by atoms with E-state index in [1.807, 2.05) is 0 Å². The van der Waals surface area contributed by atoms with Gasteiger partial charge in [0.2, 0.25) is 0 Å². The van der Waals surface area contributed by atoms with Crippen LogP contribution in [0.5, 0.6) is 0 Å². The zero-order chi connectivity index (χ0) is 23.3. The Hall–Kier alpha value is -1.05. The van der Waals surface area contributed by atoms with Crippen molar-refractivity contribution in [3.8, 4) is 0 Å². The van der Waals surface area contributed by atoms with Gasteiger partial charge in [-0.25, -0.2) is 0 Å². The van der Waals surface area contributed by atoms with Crippen molar-refractivity contribution in [3.63, 3.8) is 0 Å². The van der Waals surface area contributed by atoms with Gasteiger partial charge in [0.1, 0.15) is 0 Å². The number of carboxylic acids is 1. The largest absolute Gasteiger partial charge is 0.481 e. The SMILES string of the molecule is C[C@H]1[C@H](C)CC[C@]2(C(=O)O)CC[C@]3(C)C(=CC=C4[C@@]5(C)CCCC(C)(C)C5CC[C@]43C)[C@H]12. The summed E-state index contributed by atoms with van der Waals surface area (Å²) in [6.07, 6.45) is 15.4. The molecule has 5 rings (SSSR count). The van der Waals surface area contributed by atoms with Gasteiger partial charge in [0.05, 0.1) is 5.41 Å². The van der Waals surface area contributed by atoms with Crippen molar-refractivity contribution in [2.24, 2.45) is 50.7 Å². The van der Waals surface area contributed by atoms with Gasteiger partial charge in [-0.05, 0) is 96.7 Å². The van der Waals surface area contributed by atoms with E-state index in [1.165, 1.54) is 37.7 Å². The predicted molar refractivity (Wildman–Crippen MR) is 131 cm³/mol. The van der Waals surface area contributed by atoms with E-state index in [9.17, 15) is 9.90 Å². The minimum Gasteiger partial charge on any atom is -0.481 e. The van der Waals surface area contributed by atoms with Crippen molar-refractivity contribution in [1.82, 2.24) is 0 Å². The van der Waals surface area contributed by atoms with Gasteiger partial charge < -0.3 is 5.11 Å². The van der Waals surface area contributed by atoms with Crippen LogP contribution < -0.4 is 0 Å². The monoisotopic (exact) mass is 438 g/mol. The molecule has 0 radical (unpaired) electrons. The van der Waals surface area contributed by atoms with Crippen LogP contribution in [-0.2, 0) is 4.79 Å². The van der Waals surface area contributed by atoms with Crippen molar-refractivity contribution >= 4 is 5.97 Å². The van der Waals surface area contributed by atoms with Crippen LogP contribution in [0, 0.1) is 50.7 Å². The highest BCUT2D eigenvalue weighted by Crippen LogP contribution is 2.74. The molecule has 0 bridgehead atoms. The highest BCUT2D eigenvalue weighted by molar-refractivity contribution is 5.77. The third-order valence-corrected chi connectivity index (χ3v) is 12.6. The molecule has 4 saturated carbocycles. The van der Waals surface area contributed by atoms with Gasteiger partial charge in [-0.15, -0.1) is 0 Å². The highest BCUT2D eigenvalue weighted by atomic mass is 16.4. The number of hydrogen-bond acceptors (Lipinski definition) is 1. The van der Waals surface area contributed by atoms with Crippen molar-refractivity contribution in [3.05, 3.63) is 23.3 Å². The molecule has 0 amide bonds. The molecular weight excluding hydrogens is 392 g/mol. The van der Waals surface area contributed by atoms with E-state index < -0.39 is 11.4 Å². The summed E-state index contributed by atoms with van der Waals surface area (Å²) in [6.45, 7) is 17.4. The first-order valence-electron chi connectivity index (χ1n) is 13.5. The number of aliphatic carboxylic acids is 1. The molecular formula is C30H46O2. The van der Waals surface area contributed by atoms with Crippen molar-refractivity contribution in [2.75, 3.05) is 0 Å². The predicted octanol–water partition coefficient (Wildman–Crippen LogP) is 8.04. The Morgan fingerprint density at radius 1 is 0.875 bits per heavy atom. The molecule has 0 spiro atoms. The average molecular weight is 439 g/mol. The molecule has 1 unspecified atom stereocenters. The minimum absolute atomic E-state index is 0.0849. The lowest BCUT2D eigenvalue weighted by molar-refractivity contribution is -0.165. The number of hydrogen-bond donors (Lipinski definition) is 1. The van der Waals surface area contributed by atoms with E-state index in [0.29, 0.717) is 17.3 Å². The molecule has 5 aliphatic rings. The van der Waals surface area contributed by atoms with Crippen LogP contribution in [0.1, 0.15) is 106 Å². The average Bonchev–Trinajstić information content (AvgIpc) is 2.70. The Kier molecular flexibility index (Phi) is 4.80. The van der Waals surface area contributed by atoms with E-state index in [-0.39, 0.29) is 22.2 Å². The lowest BCUT2D eigenvalue weighted by atomic mass is 9.36. The molecule has 5 aliphatic carbocycles. The molecule has 0 saturated heterocycles. The summed E-state index contributed by atoms with van der Waals surface area (Å²) >= 11 is 0. The van der Waals surface area contributed by atoms with E-state index in [2.05, 4.69) is 60.6 Å².